The first-order valence-corrected chi connectivity index (χ1v) is 10.1. The average molecular weight is 434 g/mol. The van der Waals surface area contributed by atoms with E-state index < -0.39 is 35.0 Å². The molecule has 2 aromatic rings. The van der Waals surface area contributed by atoms with Crippen LogP contribution in [0.1, 0.15) is 48.0 Å². The normalized spacial score (nSPS) is 15.6. The highest BCUT2D eigenvalue weighted by molar-refractivity contribution is 6.30. The minimum Gasteiger partial charge on any atom is -0.457 e. The van der Waals surface area contributed by atoms with Crippen LogP contribution < -0.4 is 17.0 Å². The van der Waals surface area contributed by atoms with Gasteiger partial charge in [-0.2, -0.15) is 0 Å². The molecule has 0 unspecified atom stereocenters. The number of nitrogens with two attached hydrogens (primary N) is 1. The van der Waals surface area contributed by atoms with E-state index in [0.717, 1.165) is 34.0 Å². The molecule has 1 aliphatic rings. The van der Waals surface area contributed by atoms with Crippen molar-refractivity contribution in [3.05, 3.63) is 61.3 Å². The highest BCUT2D eigenvalue weighted by atomic mass is 35.5. The molecule has 1 saturated carbocycles. The second-order valence-electron chi connectivity index (χ2n) is 7.62. The molecule has 1 aromatic carbocycles. The predicted molar refractivity (Wildman–Crippen MR) is 113 cm³/mol. The Hall–Kier alpha value is -2.87. The third-order valence-corrected chi connectivity index (χ3v) is 6.03. The summed E-state index contributed by atoms with van der Waals surface area (Å²) in [6.07, 6.45) is 3.89. The van der Waals surface area contributed by atoms with Crippen LogP contribution >= 0.6 is 11.6 Å². The summed E-state index contributed by atoms with van der Waals surface area (Å²) in [5, 5.41) is 0.516. The Balaban J connectivity index is 1.88. The van der Waals surface area contributed by atoms with E-state index in [1.165, 1.54) is 14.1 Å². The quantitative estimate of drug-likeness (QED) is 0.569. The van der Waals surface area contributed by atoms with Gasteiger partial charge in [-0.05, 0) is 30.5 Å². The van der Waals surface area contributed by atoms with Gasteiger partial charge in [-0.3, -0.25) is 23.5 Å². The number of carbonyl (C=O) groups is 2. The number of benzene rings is 1. The van der Waals surface area contributed by atoms with E-state index in [2.05, 4.69) is 0 Å². The fourth-order valence-corrected chi connectivity index (χ4v) is 4.21. The number of anilines is 1. The van der Waals surface area contributed by atoms with Crippen molar-refractivity contribution in [2.75, 3.05) is 12.3 Å². The van der Waals surface area contributed by atoms with Crippen molar-refractivity contribution in [2.45, 2.75) is 37.5 Å². The van der Waals surface area contributed by atoms with Crippen molar-refractivity contribution in [1.29, 1.82) is 0 Å². The van der Waals surface area contributed by atoms with Crippen LogP contribution in [0, 0.1) is 0 Å². The van der Waals surface area contributed by atoms with Crippen LogP contribution in [0.5, 0.6) is 0 Å². The maximum Gasteiger partial charge on any atom is 0.332 e. The highest BCUT2D eigenvalue weighted by Gasteiger charge is 2.43. The number of carbonyl (C=O) groups excluding carboxylic acids is 2. The van der Waals surface area contributed by atoms with E-state index in [0.29, 0.717) is 17.9 Å². The predicted octanol–water partition coefficient (Wildman–Crippen LogP) is 1.95. The zero-order valence-electron chi connectivity index (χ0n) is 16.9. The van der Waals surface area contributed by atoms with Crippen LogP contribution in [0.15, 0.2) is 33.9 Å². The van der Waals surface area contributed by atoms with Gasteiger partial charge in [0.2, 0.25) is 5.78 Å². The average Bonchev–Trinajstić information content (AvgIpc) is 2.75. The number of rotatable bonds is 5. The first-order chi connectivity index (χ1) is 14.2. The number of ether oxygens (including phenoxy) is 1. The van der Waals surface area contributed by atoms with Gasteiger partial charge in [0.15, 0.2) is 6.61 Å². The fraction of sp³-hybridized carbons (Fsp3) is 0.429. The van der Waals surface area contributed by atoms with Crippen LogP contribution in [0.4, 0.5) is 5.82 Å². The van der Waals surface area contributed by atoms with E-state index >= 15 is 0 Å². The standard InChI is InChI=1S/C21H24ClN3O5/c1-24-17(23)16(18(27)25(2)20(24)29)15(26)12-30-19(28)21(9-4-3-5-10-21)13-7-6-8-14(22)11-13/h6-8,11H,3-5,9-10,12,23H2,1-2H3. The Morgan fingerprint density at radius 3 is 2.43 bits per heavy atom. The lowest BCUT2D eigenvalue weighted by Gasteiger charge is -2.35. The minimum atomic E-state index is -0.885. The summed E-state index contributed by atoms with van der Waals surface area (Å²) in [6, 6.07) is 7.09. The van der Waals surface area contributed by atoms with Gasteiger partial charge in [0, 0.05) is 19.1 Å². The molecule has 1 aromatic heterocycles. The molecular formula is C21H24ClN3O5. The van der Waals surface area contributed by atoms with Crippen LogP contribution in [0.2, 0.25) is 5.02 Å². The summed E-state index contributed by atoms with van der Waals surface area (Å²) in [6.45, 7) is -0.640. The summed E-state index contributed by atoms with van der Waals surface area (Å²) in [5.41, 5.74) is 3.85. The number of aromatic nitrogens is 2. The molecule has 1 fully saturated rings. The largest absolute Gasteiger partial charge is 0.457 e. The van der Waals surface area contributed by atoms with Gasteiger partial charge in [-0.15, -0.1) is 0 Å². The maximum absolute atomic E-state index is 13.1. The van der Waals surface area contributed by atoms with Crippen molar-refractivity contribution in [1.82, 2.24) is 9.13 Å². The third-order valence-electron chi connectivity index (χ3n) is 5.80. The Morgan fingerprint density at radius 1 is 1.13 bits per heavy atom. The Bertz CT molecular complexity index is 1110. The lowest BCUT2D eigenvalue weighted by molar-refractivity contribution is -0.151. The van der Waals surface area contributed by atoms with Gasteiger partial charge < -0.3 is 10.5 Å². The zero-order chi connectivity index (χ0) is 22.1. The molecule has 0 aliphatic heterocycles. The number of ketones is 1. The molecule has 0 atom stereocenters. The first-order valence-electron chi connectivity index (χ1n) is 9.71. The molecule has 8 nitrogen and oxygen atoms in total. The summed E-state index contributed by atoms with van der Waals surface area (Å²) < 4.78 is 7.19. The number of esters is 1. The topological polar surface area (TPSA) is 113 Å². The minimum absolute atomic E-state index is 0.258. The van der Waals surface area contributed by atoms with Gasteiger partial charge >= 0.3 is 11.7 Å². The summed E-state index contributed by atoms with van der Waals surface area (Å²) in [5.74, 6) is -1.54. The third kappa shape index (κ3) is 3.79. The van der Waals surface area contributed by atoms with Crippen LogP contribution in [0.25, 0.3) is 0 Å². The van der Waals surface area contributed by atoms with Crippen molar-refractivity contribution < 1.29 is 14.3 Å². The summed E-state index contributed by atoms with van der Waals surface area (Å²) in [4.78, 5) is 50.1. The number of nitrogen functional groups attached to an aromatic ring is 1. The van der Waals surface area contributed by atoms with Gasteiger partial charge in [-0.1, -0.05) is 43.0 Å². The lowest BCUT2D eigenvalue weighted by atomic mass is 9.69. The second-order valence-corrected chi connectivity index (χ2v) is 8.05. The van der Waals surface area contributed by atoms with Gasteiger partial charge in [0.05, 0.1) is 5.41 Å². The number of nitrogens with zero attached hydrogens (tertiary/aromatic N) is 2. The molecule has 160 valence electrons. The van der Waals surface area contributed by atoms with Crippen LogP contribution in [-0.4, -0.2) is 27.5 Å². The second kappa shape index (κ2) is 8.47. The molecule has 2 N–H and O–H groups in total. The molecule has 0 radical (unpaired) electrons. The molecule has 0 bridgehead atoms. The van der Waals surface area contributed by atoms with Crippen molar-refractivity contribution >= 4 is 29.2 Å². The van der Waals surface area contributed by atoms with Crippen molar-refractivity contribution in [3.8, 4) is 0 Å². The molecular weight excluding hydrogens is 410 g/mol. The fourth-order valence-electron chi connectivity index (χ4n) is 4.02. The Kier molecular flexibility index (Phi) is 6.17. The zero-order valence-corrected chi connectivity index (χ0v) is 17.7. The molecule has 1 heterocycles. The van der Waals surface area contributed by atoms with E-state index in [9.17, 15) is 19.2 Å². The van der Waals surface area contributed by atoms with E-state index in [4.69, 9.17) is 22.1 Å². The summed E-state index contributed by atoms with van der Waals surface area (Å²) in [7, 11) is 2.61. The lowest BCUT2D eigenvalue weighted by Crippen LogP contribution is -2.43. The summed E-state index contributed by atoms with van der Waals surface area (Å²) >= 11 is 6.13. The van der Waals surface area contributed by atoms with Crippen LogP contribution in [0.3, 0.4) is 0 Å². The van der Waals surface area contributed by atoms with Gasteiger partial charge in [-0.25, -0.2) is 4.79 Å². The molecule has 0 saturated heterocycles. The highest BCUT2D eigenvalue weighted by Crippen LogP contribution is 2.41. The Morgan fingerprint density at radius 2 is 1.80 bits per heavy atom. The number of Topliss-reactive ketones (excluding diaryl/α,β-unsaturated/α-hetero) is 1. The molecule has 0 spiro atoms. The number of halogens is 1. The van der Waals surface area contributed by atoms with Gasteiger partial charge in [0.1, 0.15) is 11.4 Å². The van der Waals surface area contributed by atoms with E-state index in [1.54, 1.807) is 18.2 Å². The van der Waals surface area contributed by atoms with E-state index in [1.807, 2.05) is 6.07 Å². The molecule has 30 heavy (non-hydrogen) atoms. The first kappa shape index (κ1) is 21.8. The molecule has 0 amide bonds. The Labute approximate surface area is 178 Å². The number of hydrogen-bond donors (Lipinski definition) is 1. The van der Waals surface area contributed by atoms with Crippen molar-refractivity contribution in [3.63, 3.8) is 0 Å². The van der Waals surface area contributed by atoms with E-state index in [-0.39, 0.29) is 11.4 Å². The molecule has 3 rings (SSSR count). The molecule has 9 heteroatoms. The smallest absolute Gasteiger partial charge is 0.332 e. The molecule has 1 aliphatic carbocycles. The van der Waals surface area contributed by atoms with Gasteiger partial charge in [0.25, 0.3) is 5.56 Å². The monoisotopic (exact) mass is 433 g/mol. The maximum atomic E-state index is 13.1. The van der Waals surface area contributed by atoms with Crippen molar-refractivity contribution in [2.24, 2.45) is 14.1 Å². The van der Waals surface area contributed by atoms with Crippen LogP contribution in [-0.2, 0) is 29.0 Å². The number of hydrogen-bond acceptors (Lipinski definition) is 6. The SMILES string of the molecule is Cn1c(N)c(C(=O)COC(=O)C2(c3cccc(Cl)c3)CCCCC2)c(=O)n(C)c1=O.